The first-order chi connectivity index (χ1) is 10.3. The Morgan fingerprint density at radius 3 is 2.48 bits per heavy atom. The average molecular weight is 281 g/mol. The number of imidazole rings is 1. The Morgan fingerprint density at radius 2 is 1.76 bits per heavy atom. The number of aromatic nitrogens is 2. The summed E-state index contributed by atoms with van der Waals surface area (Å²) in [6, 6.07) is 12.0. The maximum Gasteiger partial charge on any atom is 0.163 e. The second kappa shape index (κ2) is 4.70. The molecule has 5 heteroatoms. The van der Waals surface area contributed by atoms with Crippen LogP contribution in [0.25, 0.3) is 22.4 Å². The number of fused-ring (bicyclic) bond motifs is 2. The van der Waals surface area contributed by atoms with Gasteiger partial charge in [0.25, 0.3) is 0 Å². The second-order valence-electron chi connectivity index (χ2n) is 4.93. The van der Waals surface area contributed by atoms with Gasteiger partial charge in [-0.2, -0.15) is 0 Å². The molecule has 21 heavy (non-hydrogen) atoms. The van der Waals surface area contributed by atoms with E-state index in [9.17, 15) is 0 Å². The molecular weight excluding hydrogens is 266 g/mol. The molecule has 0 fully saturated rings. The van der Waals surface area contributed by atoms with Crippen LogP contribution in [0.2, 0.25) is 0 Å². The van der Waals surface area contributed by atoms with Gasteiger partial charge in [0, 0.05) is 30.4 Å². The Labute approximate surface area is 121 Å². The number of hydrogen-bond donors (Lipinski definition) is 2. The first-order valence-corrected chi connectivity index (χ1v) is 6.91. The van der Waals surface area contributed by atoms with E-state index in [1.54, 1.807) is 0 Å². The van der Waals surface area contributed by atoms with Crippen LogP contribution >= 0.6 is 0 Å². The zero-order chi connectivity index (χ0) is 14.2. The van der Waals surface area contributed by atoms with E-state index in [0.29, 0.717) is 13.2 Å². The summed E-state index contributed by atoms with van der Waals surface area (Å²) in [7, 11) is 1.90. The molecule has 5 nitrogen and oxygen atoms in total. The summed E-state index contributed by atoms with van der Waals surface area (Å²) in [6.45, 7) is 1.17. The zero-order valence-corrected chi connectivity index (χ0v) is 11.6. The Kier molecular flexibility index (Phi) is 2.70. The van der Waals surface area contributed by atoms with Crippen LogP contribution in [0.15, 0.2) is 36.4 Å². The van der Waals surface area contributed by atoms with E-state index in [2.05, 4.69) is 15.3 Å². The molecule has 0 amide bonds. The minimum absolute atomic E-state index is 0.585. The van der Waals surface area contributed by atoms with Crippen LogP contribution in [0.5, 0.6) is 11.5 Å². The summed E-state index contributed by atoms with van der Waals surface area (Å²) in [5, 5.41) is 3.11. The number of rotatable bonds is 2. The predicted octanol–water partition coefficient (Wildman–Crippen LogP) is 3.04. The Hall–Kier alpha value is -2.69. The minimum Gasteiger partial charge on any atom is -0.486 e. The Bertz CT molecular complexity index is 750. The third-order valence-electron chi connectivity index (χ3n) is 3.59. The third-order valence-corrected chi connectivity index (χ3v) is 3.59. The van der Waals surface area contributed by atoms with Crippen molar-refractivity contribution in [2.24, 2.45) is 0 Å². The van der Waals surface area contributed by atoms with Crippen molar-refractivity contribution < 1.29 is 9.47 Å². The van der Waals surface area contributed by atoms with E-state index in [-0.39, 0.29) is 0 Å². The number of nitrogens with one attached hydrogen (secondary N) is 2. The van der Waals surface area contributed by atoms with Gasteiger partial charge in [0.1, 0.15) is 19.0 Å². The van der Waals surface area contributed by atoms with Gasteiger partial charge in [0.15, 0.2) is 11.5 Å². The standard InChI is InChI=1S/C16H15N3O2/c1-17-11-4-2-10(3-5-11)16-18-12-8-14-15(9-13(12)19-16)21-7-6-20-14/h2-5,8-9,17H,6-7H2,1H3,(H,18,19). The van der Waals surface area contributed by atoms with Gasteiger partial charge in [-0.1, -0.05) is 0 Å². The predicted molar refractivity (Wildman–Crippen MR) is 82.1 cm³/mol. The van der Waals surface area contributed by atoms with E-state index < -0.39 is 0 Å². The van der Waals surface area contributed by atoms with Crippen LogP contribution < -0.4 is 14.8 Å². The van der Waals surface area contributed by atoms with Gasteiger partial charge < -0.3 is 19.8 Å². The molecule has 0 spiro atoms. The summed E-state index contributed by atoms with van der Waals surface area (Å²) in [4.78, 5) is 7.97. The number of hydrogen-bond acceptors (Lipinski definition) is 4. The summed E-state index contributed by atoms with van der Waals surface area (Å²) in [6.07, 6.45) is 0. The van der Waals surface area contributed by atoms with E-state index in [4.69, 9.17) is 9.47 Å². The first kappa shape index (κ1) is 12.1. The summed E-state index contributed by atoms with van der Waals surface area (Å²) >= 11 is 0. The lowest BCUT2D eigenvalue weighted by Crippen LogP contribution is -2.15. The third kappa shape index (κ3) is 2.07. The molecule has 2 heterocycles. The van der Waals surface area contributed by atoms with Crippen LogP contribution in [-0.4, -0.2) is 30.2 Å². The van der Waals surface area contributed by atoms with Gasteiger partial charge in [0.2, 0.25) is 0 Å². The number of nitrogens with zero attached hydrogens (tertiary/aromatic N) is 1. The molecule has 1 aliphatic heterocycles. The summed E-state index contributed by atoms with van der Waals surface area (Å²) < 4.78 is 11.2. The number of aromatic amines is 1. The number of benzene rings is 2. The highest BCUT2D eigenvalue weighted by molar-refractivity contribution is 5.83. The van der Waals surface area contributed by atoms with Gasteiger partial charge >= 0.3 is 0 Å². The molecule has 0 saturated heterocycles. The molecule has 4 rings (SSSR count). The van der Waals surface area contributed by atoms with Crippen molar-refractivity contribution in [3.8, 4) is 22.9 Å². The highest BCUT2D eigenvalue weighted by Crippen LogP contribution is 2.34. The largest absolute Gasteiger partial charge is 0.486 e. The second-order valence-corrected chi connectivity index (χ2v) is 4.93. The van der Waals surface area contributed by atoms with E-state index in [1.165, 1.54) is 0 Å². The fourth-order valence-corrected chi connectivity index (χ4v) is 2.48. The van der Waals surface area contributed by atoms with Gasteiger partial charge in [-0.25, -0.2) is 4.98 Å². The lowest BCUT2D eigenvalue weighted by molar-refractivity contribution is 0.172. The van der Waals surface area contributed by atoms with Crippen LogP contribution in [0.3, 0.4) is 0 Å². The molecule has 0 unspecified atom stereocenters. The number of ether oxygens (including phenoxy) is 2. The molecule has 0 aliphatic carbocycles. The molecule has 106 valence electrons. The Morgan fingerprint density at radius 1 is 1.05 bits per heavy atom. The molecule has 0 radical (unpaired) electrons. The lowest BCUT2D eigenvalue weighted by atomic mass is 10.2. The molecule has 0 saturated carbocycles. The van der Waals surface area contributed by atoms with Gasteiger partial charge in [-0.15, -0.1) is 0 Å². The fraction of sp³-hybridized carbons (Fsp3) is 0.188. The molecule has 0 bridgehead atoms. The van der Waals surface area contributed by atoms with Crippen LogP contribution in [-0.2, 0) is 0 Å². The van der Waals surface area contributed by atoms with Crippen molar-refractivity contribution in [3.05, 3.63) is 36.4 Å². The summed E-state index contributed by atoms with van der Waals surface area (Å²) in [5.74, 6) is 2.38. The van der Waals surface area contributed by atoms with E-state index in [1.807, 2.05) is 43.4 Å². The minimum atomic E-state index is 0.585. The van der Waals surface area contributed by atoms with Crippen molar-refractivity contribution in [1.82, 2.24) is 9.97 Å². The first-order valence-electron chi connectivity index (χ1n) is 6.91. The quantitative estimate of drug-likeness (QED) is 0.758. The topological polar surface area (TPSA) is 59.2 Å². The monoisotopic (exact) mass is 281 g/mol. The van der Waals surface area contributed by atoms with Crippen LogP contribution in [0.1, 0.15) is 0 Å². The van der Waals surface area contributed by atoms with Crippen molar-refractivity contribution in [2.75, 3.05) is 25.6 Å². The molecule has 1 aromatic heterocycles. The van der Waals surface area contributed by atoms with Gasteiger partial charge in [-0.3, -0.25) is 0 Å². The summed E-state index contributed by atoms with van der Waals surface area (Å²) in [5.41, 5.74) is 3.95. The van der Waals surface area contributed by atoms with Crippen molar-refractivity contribution in [1.29, 1.82) is 0 Å². The van der Waals surface area contributed by atoms with E-state index in [0.717, 1.165) is 39.6 Å². The van der Waals surface area contributed by atoms with E-state index >= 15 is 0 Å². The number of H-pyrrole nitrogens is 1. The van der Waals surface area contributed by atoms with Crippen molar-refractivity contribution in [3.63, 3.8) is 0 Å². The fourth-order valence-electron chi connectivity index (χ4n) is 2.48. The number of anilines is 1. The smallest absolute Gasteiger partial charge is 0.163 e. The van der Waals surface area contributed by atoms with Crippen LogP contribution in [0.4, 0.5) is 5.69 Å². The maximum atomic E-state index is 5.60. The van der Waals surface area contributed by atoms with Crippen LogP contribution in [0, 0.1) is 0 Å². The molecular formula is C16H15N3O2. The molecule has 2 aromatic carbocycles. The van der Waals surface area contributed by atoms with Gasteiger partial charge in [-0.05, 0) is 24.3 Å². The maximum absolute atomic E-state index is 5.60. The SMILES string of the molecule is CNc1ccc(-c2nc3cc4c(cc3[nH]2)OCCO4)cc1. The van der Waals surface area contributed by atoms with Crippen molar-refractivity contribution >= 4 is 16.7 Å². The molecule has 2 N–H and O–H groups in total. The van der Waals surface area contributed by atoms with Crippen molar-refractivity contribution in [2.45, 2.75) is 0 Å². The van der Waals surface area contributed by atoms with Gasteiger partial charge in [0.05, 0.1) is 11.0 Å². The highest BCUT2D eigenvalue weighted by atomic mass is 16.6. The zero-order valence-electron chi connectivity index (χ0n) is 11.6. The Balaban J connectivity index is 1.78. The highest BCUT2D eigenvalue weighted by Gasteiger charge is 2.15. The molecule has 1 aliphatic rings. The molecule has 0 atom stereocenters. The molecule has 3 aromatic rings. The normalized spacial score (nSPS) is 13.4. The average Bonchev–Trinajstić information content (AvgIpc) is 2.95. The lowest BCUT2D eigenvalue weighted by Gasteiger charge is -2.17.